The van der Waals surface area contributed by atoms with Gasteiger partial charge in [-0.25, -0.2) is 4.79 Å². The number of esters is 1. The van der Waals surface area contributed by atoms with Crippen LogP contribution < -0.4 is 10.1 Å². The number of carbonyl (C=O) groups excluding carboxylic acids is 2. The molecule has 0 bridgehead atoms. The maximum atomic E-state index is 12.2. The number of hydrogen-bond donors (Lipinski definition) is 1. The molecule has 1 N–H and O–H groups in total. The summed E-state index contributed by atoms with van der Waals surface area (Å²) in [6.45, 7) is 1.84. The topological polar surface area (TPSA) is 64.6 Å². The van der Waals surface area contributed by atoms with E-state index in [0.29, 0.717) is 16.5 Å². The lowest BCUT2D eigenvalue weighted by atomic mass is 10.0. The number of methoxy groups -OCH3 is 1. The molecule has 148 valence electrons. The Morgan fingerprint density at radius 1 is 0.931 bits per heavy atom. The molecule has 5 nitrogen and oxygen atoms in total. The van der Waals surface area contributed by atoms with Gasteiger partial charge in [0.15, 0.2) is 6.61 Å². The molecule has 0 unspecified atom stereocenters. The summed E-state index contributed by atoms with van der Waals surface area (Å²) < 4.78 is 10.3. The summed E-state index contributed by atoms with van der Waals surface area (Å²) in [5.41, 5.74) is 3.86. The fourth-order valence-electron chi connectivity index (χ4n) is 2.73. The molecule has 0 aliphatic rings. The van der Waals surface area contributed by atoms with Crippen LogP contribution in [-0.4, -0.2) is 25.6 Å². The molecular formula is C23H20ClNO4. The highest BCUT2D eigenvalue weighted by molar-refractivity contribution is 6.31. The third kappa shape index (κ3) is 5.36. The number of anilines is 1. The summed E-state index contributed by atoms with van der Waals surface area (Å²) in [6, 6.07) is 20.3. The average Bonchev–Trinajstić information content (AvgIpc) is 2.74. The lowest BCUT2D eigenvalue weighted by Crippen LogP contribution is -2.21. The monoisotopic (exact) mass is 409 g/mol. The third-order valence-corrected chi connectivity index (χ3v) is 4.51. The highest BCUT2D eigenvalue weighted by Gasteiger charge is 2.15. The van der Waals surface area contributed by atoms with Crippen LogP contribution in [0.15, 0.2) is 66.7 Å². The summed E-state index contributed by atoms with van der Waals surface area (Å²) in [5.74, 6) is -0.421. The van der Waals surface area contributed by atoms with Crippen molar-refractivity contribution in [3.8, 4) is 16.9 Å². The van der Waals surface area contributed by atoms with E-state index in [1.165, 1.54) is 18.7 Å². The van der Waals surface area contributed by atoms with Crippen molar-refractivity contribution in [2.24, 2.45) is 0 Å². The van der Waals surface area contributed by atoms with Gasteiger partial charge in [0.1, 0.15) is 5.75 Å². The molecule has 3 aromatic rings. The first-order chi connectivity index (χ1) is 14.0. The SMILES string of the molecule is COC(=O)c1cc(Cl)ccc1NC(=O)COc1ccc(-c2ccc(C)cc2)cc1. The molecule has 3 rings (SSSR count). The number of hydrogen-bond acceptors (Lipinski definition) is 4. The highest BCUT2D eigenvalue weighted by Crippen LogP contribution is 2.24. The normalized spacial score (nSPS) is 10.3. The van der Waals surface area contributed by atoms with Gasteiger partial charge in [-0.15, -0.1) is 0 Å². The molecule has 0 saturated carbocycles. The Bertz CT molecular complexity index is 1010. The largest absolute Gasteiger partial charge is 0.484 e. The van der Waals surface area contributed by atoms with Gasteiger partial charge in [0.2, 0.25) is 0 Å². The van der Waals surface area contributed by atoms with Crippen molar-refractivity contribution < 1.29 is 19.1 Å². The predicted molar refractivity (Wildman–Crippen MR) is 114 cm³/mol. The minimum Gasteiger partial charge on any atom is -0.484 e. The molecule has 0 heterocycles. The van der Waals surface area contributed by atoms with Gasteiger partial charge < -0.3 is 14.8 Å². The van der Waals surface area contributed by atoms with E-state index in [2.05, 4.69) is 29.6 Å². The number of aryl methyl sites for hydroxylation is 1. The molecule has 3 aromatic carbocycles. The second-order valence-electron chi connectivity index (χ2n) is 6.41. The van der Waals surface area contributed by atoms with Crippen molar-refractivity contribution in [3.63, 3.8) is 0 Å². The number of rotatable bonds is 6. The number of amides is 1. The number of nitrogens with one attached hydrogen (secondary N) is 1. The third-order valence-electron chi connectivity index (χ3n) is 4.27. The van der Waals surface area contributed by atoms with Crippen LogP contribution in [0.25, 0.3) is 11.1 Å². The van der Waals surface area contributed by atoms with Gasteiger partial charge in [-0.2, -0.15) is 0 Å². The van der Waals surface area contributed by atoms with Crippen molar-refractivity contribution in [2.75, 3.05) is 19.0 Å². The standard InChI is InChI=1S/C23H20ClNO4/c1-15-3-5-16(6-4-15)17-7-10-19(11-8-17)29-14-22(26)25-21-12-9-18(24)13-20(21)23(27)28-2/h3-13H,14H2,1-2H3,(H,25,26). The van der Waals surface area contributed by atoms with E-state index in [-0.39, 0.29) is 12.2 Å². The van der Waals surface area contributed by atoms with E-state index in [1.807, 2.05) is 31.2 Å². The molecule has 0 atom stereocenters. The van der Waals surface area contributed by atoms with E-state index in [0.717, 1.165) is 11.1 Å². The van der Waals surface area contributed by atoms with Crippen molar-refractivity contribution in [1.82, 2.24) is 0 Å². The summed E-state index contributed by atoms with van der Waals surface area (Å²) >= 11 is 5.92. The Morgan fingerprint density at radius 3 is 2.17 bits per heavy atom. The van der Waals surface area contributed by atoms with Gasteiger partial charge in [-0.3, -0.25) is 4.79 Å². The van der Waals surface area contributed by atoms with Crippen LogP contribution in [0.4, 0.5) is 5.69 Å². The molecule has 0 aromatic heterocycles. The van der Waals surface area contributed by atoms with E-state index in [4.69, 9.17) is 21.1 Å². The Balaban J connectivity index is 1.61. The van der Waals surface area contributed by atoms with Gasteiger partial charge >= 0.3 is 5.97 Å². The first kappa shape index (κ1) is 20.4. The van der Waals surface area contributed by atoms with Crippen LogP contribution in [0.5, 0.6) is 5.75 Å². The number of halogens is 1. The van der Waals surface area contributed by atoms with Crippen molar-refractivity contribution in [2.45, 2.75) is 6.92 Å². The summed E-state index contributed by atoms with van der Waals surface area (Å²) in [7, 11) is 1.26. The fraction of sp³-hybridized carbons (Fsp3) is 0.130. The zero-order valence-electron chi connectivity index (χ0n) is 16.1. The molecule has 0 saturated heterocycles. The molecule has 0 aliphatic carbocycles. The summed E-state index contributed by atoms with van der Waals surface area (Å²) in [4.78, 5) is 24.1. The number of benzene rings is 3. The first-order valence-corrected chi connectivity index (χ1v) is 9.31. The van der Waals surface area contributed by atoms with Crippen LogP contribution >= 0.6 is 11.6 Å². The number of ether oxygens (including phenoxy) is 2. The van der Waals surface area contributed by atoms with Crippen molar-refractivity contribution in [3.05, 3.63) is 82.9 Å². The molecule has 0 aliphatic heterocycles. The predicted octanol–water partition coefficient (Wildman–Crippen LogP) is 5.12. The minimum atomic E-state index is -0.588. The molecule has 1 amide bonds. The lowest BCUT2D eigenvalue weighted by Gasteiger charge is -2.11. The zero-order chi connectivity index (χ0) is 20.8. The van der Waals surface area contributed by atoms with Crippen LogP contribution in [0.3, 0.4) is 0 Å². The van der Waals surface area contributed by atoms with Crippen LogP contribution in [-0.2, 0) is 9.53 Å². The molecule has 29 heavy (non-hydrogen) atoms. The van der Waals surface area contributed by atoms with Gasteiger partial charge in [-0.05, 0) is 48.4 Å². The summed E-state index contributed by atoms with van der Waals surface area (Å²) in [6.07, 6.45) is 0. The maximum absolute atomic E-state index is 12.2. The maximum Gasteiger partial charge on any atom is 0.340 e. The second-order valence-corrected chi connectivity index (χ2v) is 6.85. The second kappa shape index (κ2) is 9.26. The quantitative estimate of drug-likeness (QED) is 0.574. The Labute approximate surface area is 174 Å². The van der Waals surface area contributed by atoms with Gasteiger partial charge in [0.05, 0.1) is 18.4 Å². The van der Waals surface area contributed by atoms with Gasteiger partial charge in [0.25, 0.3) is 5.91 Å². The molecular weight excluding hydrogens is 390 g/mol. The van der Waals surface area contributed by atoms with Crippen LogP contribution in [0.2, 0.25) is 5.02 Å². The van der Waals surface area contributed by atoms with Crippen LogP contribution in [0, 0.1) is 6.92 Å². The van der Waals surface area contributed by atoms with Crippen molar-refractivity contribution >= 4 is 29.2 Å². The van der Waals surface area contributed by atoms with Crippen LogP contribution in [0.1, 0.15) is 15.9 Å². The fourth-order valence-corrected chi connectivity index (χ4v) is 2.90. The van der Waals surface area contributed by atoms with Crippen molar-refractivity contribution in [1.29, 1.82) is 0 Å². The minimum absolute atomic E-state index is 0.177. The van der Waals surface area contributed by atoms with Gasteiger partial charge in [-0.1, -0.05) is 53.6 Å². The Kier molecular flexibility index (Phi) is 6.52. The van der Waals surface area contributed by atoms with E-state index in [1.54, 1.807) is 12.1 Å². The molecule has 0 fully saturated rings. The van der Waals surface area contributed by atoms with E-state index < -0.39 is 11.9 Å². The van der Waals surface area contributed by atoms with E-state index in [9.17, 15) is 9.59 Å². The molecule has 6 heteroatoms. The van der Waals surface area contributed by atoms with Gasteiger partial charge in [0, 0.05) is 5.02 Å². The Morgan fingerprint density at radius 2 is 1.55 bits per heavy atom. The molecule has 0 spiro atoms. The smallest absolute Gasteiger partial charge is 0.340 e. The molecule has 0 radical (unpaired) electrons. The summed E-state index contributed by atoms with van der Waals surface area (Å²) in [5, 5.41) is 3.01. The highest BCUT2D eigenvalue weighted by atomic mass is 35.5. The van der Waals surface area contributed by atoms with E-state index >= 15 is 0 Å². The number of carbonyl (C=O) groups is 2. The zero-order valence-corrected chi connectivity index (χ0v) is 16.8. The average molecular weight is 410 g/mol. The first-order valence-electron chi connectivity index (χ1n) is 8.94. The Hall–Kier alpha value is -3.31. The lowest BCUT2D eigenvalue weighted by molar-refractivity contribution is -0.118.